The van der Waals surface area contributed by atoms with Gasteiger partial charge in [0.05, 0.1) is 11.6 Å². The number of nitrogens with zero attached hydrogens (tertiary/aromatic N) is 1. The zero-order valence-electron chi connectivity index (χ0n) is 8.86. The van der Waals surface area contributed by atoms with Gasteiger partial charge in [-0.3, -0.25) is 9.78 Å². The van der Waals surface area contributed by atoms with Gasteiger partial charge in [-0.05, 0) is 12.1 Å². The van der Waals surface area contributed by atoms with E-state index in [-0.39, 0.29) is 5.92 Å². The van der Waals surface area contributed by atoms with Crippen molar-refractivity contribution in [3.63, 3.8) is 0 Å². The average molecular weight is 215 g/mol. The molecule has 0 amide bonds. The van der Waals surface area contributed by atoms with Crippen molar-refractivity contribution in [2.75, 3.05) is 13.1 Å². The maximum Gasteiger partial charge on any atom is 0.144 e. The lowest BCUT2D eigenvalue weighted by atomic mass is 9.92. The zero-order chi connectivity index (χ0) is 11.0. The second-order valence-corrected chi connectivity index (χ2v) is 4.11. The first-order valence-corrected chi connectivity index (χ1v) is 5.51. The fourth-order valence-electron chi connectivity index (χ4n) is 2.28. The molecular formula is C12H13N3O. The highest BCUT2D eigenvalue weighted by Gasteiger charge is 2.26. The van der Waals surface area contributed by atoms with Crippen LogP contribution in [0.4, 0.5) is 0 Å². The van der Waals surface area contributed by atoms with E-state index in [0.717, 1.165) is 23.1 Å². The number of aromatic nitrogens is 2. The fraction of sp³-hybridized carbons (Fsp3) is 0.333. The van der Waals surface area contributed by atoms with E-state index in [9.17, 15) is 4.79 Å². The highest BCUT2D eigenvalue weighted by molar-refractivity contribution is 5.92. The number of hydrogen-bond donors (Lipinski definition) is 2. The van der Waals surface area contributed by atoms with Crippen LogP contribution in [0.1, 0.15) is 18.0 Å². The summed E-state index contributed by atoms with van der Waals surface area (Å²) in [6, 6.07) is 3.92. The van der Waals surface area contributed by atoms with Crippen molar-refractivity contribution in [2.45, 2.75) is 12.3 Å². The van der Waals surface area contributed by atoms with Gasteiger partial charge >= 0.3 is 0 Å². The maximum atomic E-state index is 11.9. The van der Waals surface area contributed by atoms with Crippen LogP contribution < -0.4 is 5.32 Å². The second-order valence-electron chi connectivity index (χ2n) is 4.11. The van der Waals surface area contributed by atoms with Crippen molar-refractivity contribution in [3.8, 4) is 0 Å². The van der Waals surface area contributed by atoms with Crippen LogP contribution in [0.15, 0.2) is 24.5 Å². The van der Waals surface area contributed by atoms with Crippen molar-refractivity contribution in [1.29, 1.82) is 0 Å². The van der Waals surface area contributed by atoms with E-state index in [2.05, 4.69) is 15.3 Å². The van der Waals surface area contributed by atoms with Gasteiger partial charge in [0.1, 0.15) is 5.78 Å². The van der Waals surface area contributed by atoms with Gasteiger partial charge in [-0.25, -0.2) is 0 Å². The number of Topliss-reactive ketones (excluding diaryl/α,β-unsaturated/α-hetero) is 1. The molecule has 16 heavy (non-hydrogen) atoms. The number of pyridine rings is 1. The van der Waals surface area contributed by atoms with Crippen molar-refractivity contribution < 1.29 is 4.79 Å². The van der Waals surface area contributed by atoms with Crippen LogP contribution in [0.2, 0.25) is 0 Å². The number of aromatic amines is 1. The molecule has 0 saturated carbocycles. The number of ketones is 1. The molecule has 2 aromatic heterocycles. The van der Waals surface area contributed by atoms with Crippen LogP contribution in [0.5, 0.6) is 0 Å². The molecule has 2 N–H and O–H groups in total. The summed E-state index contributed by atoms with van der Waals surface area (Å²) in [5.74, 6) is 0.202. The Kier molecular flexibility index (Phi) is 2.22. The van der Waals surface area contributed by atoms with Crippen LogP contribution in [-0.2, 0) is 4.79 Å². The van der Waals surface area contributed by atoms with Gasteiger partial charge < -0.3 is 10.3 Å². The van der Waals surface area contributed by atoms with Crippen LogP contribution in [0.3, 0.4) is 0 Å². The Morgan fingerprint density at radius 3 is 3.19 bits per heavy atom. The first-order valence-electron chi connectivity index (χ1n) is 5.51. The normalized spacial score (nSPS) is 21.5. The van der Waals surface area contributed by atoms with Gasteiger partial charge in [0.15, 0.2) is 0 Å². The maximum absolute atomic E-state index is 11.9. The van der Waals surface area contributed by atoms with Gasteiger partial charge in [-0.1, -0.05) is 0 Å². The molecule has 4 nitrogen and oxygen atoms in total. The van der Waals surface area contributed by atoms with Gasteiger partial charge in [0, 0.05) is 42.8 Å². The monoisotopic (exact) mass is 215 g/mol. The summed E-state index contributed by atoms with van der Waals surface area (Å²) < 4.78 is 0. The summed E-state index contributed by atoms with van der Waals surface area (Å²) in [5, 5.41) is 4.31. The molecule has 3 heterocycles. The quantitative estimate of drug-likeness (QED) is 0.751. The standard InChI is InChI=1S/C12H13N3O/c16-11-3-4-13-7-9(11)12-8-1-5-14-10(8)2-6-15-12/h1-2,5-6,9,13-14H,3-4,7H2. The molecule has 1 atom stereocenters. The van der Waals surface area contributed by atoms with Crippen LogP contribution in [0.25, 0.3) is 10.9 Å². The highest BCUT2D eigenvalue weighted by atomic mass is 16.1. The van der Waals surface area contributed by atoms with E-state index >= 15 is 0 Å². The molecular weight excluding hydrogens is 202 g/mol. The number of rotatable bonds is 1. The molecule has 1 aliphatic heterocycles. The predicted octanol–water partition coefficient (Wildman–Crippen LogP) is 1.21. The number of carbonyl (C=O) groups is 1. The van der Waals surface area contributed by atoms with E-state index in [1.165, 1.54) is 0 Å². The summed E-state index contributed by atoms with van der Waals surface area (Å²) in [5.41, 5.74) is 1.94. The molecule has 2 aromatic rings. The Balaban J connectivity index is 2.10. The molecule has 1 fully saturated rings. The lowest BCUT2D eigenvalue weighted by molar-refractivity contribution is -0.121. The number of carbonyl (C=O) groups excluding carboxylic acids is 1. The molecule has 0 aromatic carbocycles. The summed E-state index contributed by atoms with van der Waals surface area (Å²) in [4.78, 5) is 19.4. The first-order chi connectivity index (χ1) is 7.86. The zero-order valence-corrected chi connectivity index (χ0v) is 8.86. The number of nitrogens with one attached hydrogen (secondary N) is 2. The lowest BCUT2D eigenvalue weighted by Crippen LogP contribution is -2.35. The van der Waals surface area contributed by atoms with Crippen molar-refractivity contribution >= 4 is 16.7 Å². The Labute approximate surface area is 93.1 Å². The van der Waals surface area contributed by atoms with E-state index in [4.69, 9.17) is 0 Å². The molecule has 1 unspecified atom stereocenters. The second kappa shape index (κ2) is 3.72. The van der Waals surface area contributed by atoms with Gasteiger partial charge in [-0.15, -0.1) is 0 Å². The molecule has 0 radical (unpaired) electrons. The number of fused-ring (bicyclic) bond motifs is 1. The third kappa shape index (κ3) is 1.42. The molecule has 1 saturated heterocycles. The number of piperidine rings is 1. The first kappa shape index (κ1) is 9.54. The van der Waals surface area contributed by atoms with Gasteiger partial charge in [0.2, 0.25) is 0 Å². The van der Waals surface area contributed by atoms with E-state index in [1.807, 2.05) is 18.3 Å². The largest absolute Gasteiger partial charge is 0.361 e. The van der Waals surface area contributed by atoms with Crippen LogP contribution in [-0.4, -0.2) is 28.8 Å². The Morgan fingerprint density at radius 2 is 2.31 bits per heavy atom. The Bertz CT molecular complexity index is 532. The van der Waals surface area contributed by atoms with Crippen molar-refractivity contribution in [3.05, 3.63) is 30.2 Å². The van der Waals surface area contributed by atoms with Crippen molar-refractivity contribution in [1.82, 2.24) is 15.3 Å². The molecule has 4 heteroatoms. The fourth-order valence-corrected chi connectivity index (χ4v) is 2.28. The van der Waals surface area contributed by atoms with Crippen molar-refractivity contribution in [2.24, 2.45) is 0 Å². The lowest BCUT2D eigenvalue weighted by Gasteiger charge is -2.21. The molecule has 0 spiro atoms. The highest BCUT2D eigenvalue weighted by Crippen LogP contribution is 2.25. The minimum Gasteiger partial charge on any atom is -0.361 e. The molecule has 0 bridgehead atoms. The molecule has 3 rings (SSSR count). The third-order valence-corrected chi connectivity index (χ3v) is 3.13. The number of hydrogen-bond acceptors (Lipinski definition) is 3. The number of H-pyrrole nitrogens is 1. The SMILES string of the molecule is O=C1CCNCC1c1nccc2[nH]ccc12. The Morgan fingerprint density at radius 1 is 1.38 bits per heavy atom. The van der Waals surface area contributed by atoms with Crippen LogP contribution >= 0.6 is 0 Å². The summed E-state index contributed by atoms with van der Waals surface area (Å²) in [6.07, 6.45) is 4.25. The van der Waals surface area contributed by atoms with E-state index in [0.29, 0.717) is 18.7 Å². The minimum absolute atomic E-state index is 0.0896. The Hall–Kier alpha value is -1.68. The van der Waals surface area contributed by atoms with E-state index in [1.54, 1.807) is 6.20 Å². The molecule has 0 aliphatic carbocycles. The predicted molar refractivity (Wildman–Crippen MR) is 61.3 cm³/mol. The third-order valence-electron chi connectivity index (χ3n) is 3.13. The smallest absolute Gasteiger partial charge is 0.144 e. The van der Waals surface area contributed by atoms with E-state index < -0.39 is 0 Å². The topological polar surface area (TPSA) is 57.8 Å². The average Bonchev–Trinajstić information content (AvgIpc) is 2.77. The summed E-state index contributed by atoms with van der Waals surface area (Å²) in [7, 11) is 0. The molecule has 82 valence electrons. The minimum atomic E-state index is -0.0896. The summed E-state index contributed by atoms with van der Waals surface area (Å²) >= 11 is 0. The molecule has 1 aliphatic rings. The summed E-state index contributed by atoms with van der Waals surface area (Å²) in [6.45, 7) is 1.49. The van der Waals surface area contributed by atoms with Crippen LogP contribution in [0, 0.1) is 0 Å². The van der Waals surface area contributed by atoms with Gasteiger partial charge in [-0.2, -0.15) is 0 Å². The van der Waals surface area contributed by atoms with Gasteiger partial charge in [0.25, 0.3) is 0 Å².